The van der Waals surface area contributed by atoms with Gasteiger partial charge in [-0.15, -0.1) is 0 Å². The second-order valence-electron chi connectivity index (χ2n) is 4.44. The number of aliphatic hydroxyl groups excluding tert-OH is 1. The van der Waals surface area contributed by atoms with Crippen LogP contribution in [0.25, 0.3) is 0 Å². The van der Waals surface area contributed by atoms with Gasteiger partial charge in [0.1, 0.15) is 0 Å². The van der Waals surface area contributed by atoms with E-state index in [1.807, 2.05) is 13.8 Å². The summed E-state index contributed by atoms with van der Waals surface area (Å²) in [6.07, 6.45) is -3.66. The van der Waals surface area contributed by atoms with E-state index >= 15 is 0 Å². The molecule has 0 radical (unpaired) electrons. The number of halogens is 3. The predicted octanol–water partition coefficient (Wildman–Crippen LogP) is 2.21. The van der Waals surface area contributed by atoms with E-state index in [1.54, 1.807) is 0 Å². The minimum Gasteiger partial charge on any atom is -0.392 e. The summed E-state index contributed by atoms with van der Waals surface area (Å²) < 4.78 is 37.9. The minimum atomic E-state index is -4.40. The Kier molecular flexibility index (Phi) is 5.10. The van der Waals surface area contributed by atoms with Crippen LogP contribution >= 0.6 is 0 Å². The van der Waals surface area contributed by atoms with Gasteiger partial charge < -0.3 is 10.4 Å². The molecule has 0 saturated carbocycles. The third kappa shape index (κ3) is 4.27. The predicted molar refractivity (Wildman–Crippen MR) is 61.8 cm³/mol. The zero-order valence-corrected chi connectivity index (χ0v) is 10.3. The van der Waals surface area contributed by atoms with Gasteiger partial charge in [-0.3, -0.25) is 4.98 Å². The van der Waals surface area contributed by atoms with E-state index < -0.39 is 17.8 Å². The molecular weight excluding hydrogens is 245 g/mol. The van der Waals surface area contributed by atoms with Crippen molar-refractivity contribution in [3.05, 3.63) is 29.6 Å². The number of pyridine rings is 1. The number of hydrogen-bond acceptors (Lipinski definition) is 3. The number of nitrogens with one attached hydrogen (secondary N) is 1. The zero-order chi connectivity index (χ0) is 13.8. The van der Waals surface area contributed by atoms with Crippen LogP contribution in [0.2, 0.25) is 0 Å². The first-order chi connectivity index (χ1) is 8.32. The highest BCUT2D eigenvalue weighted by Gasteiger charge is 2.33. The molecule has 1 unspecified atom stereocenters. The smallest absolute Gasteiger partial charge is 0.392 e. The molecule has 1 aromatic heterocycles. The Balaban J connectivity index is 2.63. The third-order valence-electron chi connectivity index (χ3n) is 2.61. The molecule has 0 aliphatic rings. The van der Waals surface area contributed by atoms with Crippen LogP contribution in [0.3, 0.4) is 0 Å². The average molecular weight is 262 g/mol. The Morgan fingerprint density at radius 1 is 1.39 bits per heavy atom. The Labute approximate surface area is 104 Å². The Bertz CT molecular complexity index is 380. The van der Waals surface area contributed by atoms with Crippen molar-refractivity contribution >= 4 is 0 Å². The molecule has 0 aliphatic carbocycles. The molecule has 3 nitrogen and oxygen atoms in total. The number of rotatable bonds is 5. The summed E-state index contributed by atoms with van der Waals surface area (Å²) in [6.45, 7) is 3.91. The second kappa shape index (κ2) is 6.15. The monoisotopic (exact) mass is 262 g/mol. The number of aliphatic hydroxyl groups is 1. The van der Waals surface area contributed by atoms with E-state index in [0.717, 1.165) is 6.07 Å². The van der Waals surface area contributed by atoms with Crippen LogP contribution in [0.5, 0.6) is 0 Å². The van der Waals surface area contributed by atoms with Crippen LogP contribution in [0.15, 0.2) is 18.3 Å². The number of aromatic nitrogens is 1. The first-order valence-electron chi connectivity index (χ1n) is 5.72. The largest absolute Gasteiger partial charge is 0.418 e. The van der Waals surface area contributed by atoms with Gasteiger partial charge in [0.15, 0.2) is 0 Å². The van der Waals surface area contributed by atoms with Crippen LogP contribution in [0.1, 0.15) is 25.1 Å². The fraction of sp³-hybridized carbons (Fsp3) is 0.583. The maximum absolute atomic E-state index is 12.6. The van der Waals surface area contributed by atoms with Gasteiger partial charge in [-0.25, -0.2) is 0 Å². The average Bonchev–Trinajstić information content (AvgIpc) is 2.28. The molecule has 1 aromatic rings. The maximum atomic E-state index is 12.6. The summed E-state index contributed by atoms with van der Waals surface area (Å²) in [4.78, 5) is 3.72. The molecule has 18 heavy (non-hydrogen) atoms. The SMILES string of the molecule is CC(C)C(O)CNCc1ncccc1C(F)(F)F. The molecule has 0 spiro atoms. The van der Waals surface area contributed by atoms with Gasteiger partial charge in [0.05, 0.1) is 17.4 Å². The Morgan fingerprint density at radius 3 is 2.61 bits per heavy atom. The zero-order valence-electron chi connectivity index (χ0n) is 10.3. The van der Waals surface area contributed by atoms with Gasteiger partial charge >= 0.3 is 6.18 Å². The van der Waals surface area contributed by atoms with Crippen LogP contribution in [-0.4, -0.2) is 22.7 Å². The fourth-order valence-corrected chi connectivity index (χ4v) is 1.41. The van der Waals surface area contributed by atoms with Crippen molar-refractivity contribution < 1.29 is 18.3 Å². The molecule has 0 saturated heterocycles. The minimum absolute atomic E-state index is 0.0144. The first-order valence-corrected chi connectivity index (χ1v) is 5.72. The van der Waals surface area contributed by atoms with Gasteiger partial charge in [-0.05, 0) is 18.1 Å². The van der Waals surface area contributed by atoms with Crippen molar-refractivity contribution in [3.63, 3.8) is 0 Å². The summed E-state index contributed by atoms with van der Waals surface area (Å²) in [7, 11) is 0. The quantitative estimate of drug-likeness (QED) is 0.855. The summed E-state index contributed by atoms with van der Waals surface area (Å²) >= 11 is 0. The summed E-state index contributed by atoms with van der Waals surface area (Å²) in [5.74, 6) is 0.0586. The van der Waals surface area contributed by atoms with E-state index in [4.69, 9.17) is 0 Å². The lowest BCUT2D eigenvalue weighted by Gasteiger charge is -2.16. The van der Waals surface area contributed by atoms with Crippen molar-refractivity contribution in [1.82, 2.24) is 10.3 Å². The van der Waals surface area contributed by atoms with Crippen LogP contribution < -0.4 is 5.32 Å². The van der Waals surface area contributed by atoms with Gasteiger partial charge in [-0.1, -0.05) is 13.8 Å². The topological polar surface area (TPSA) is 45.1 Å². The van der Waals surface area contributed by atoms with Gasteiger partial charge in [0, 0.05) is 19.3 Å². The lowest BCUT2D eigenvalue weighted by atomic mass is 10.1. The standard InChI is InChI=1S/C12H17F3N2O/c1-8(2)11(18)7-16-6-10-9(12(13,14)15)4-3-5-17-10/h3-5,8,11,16,18H,6-7H2,1-2H3. The van der Waals surface area contributed by atoms with Crippen molar-refractivity contribution in [1.29, 1.82) is 0 Å². The lowest BCUT2D eigenvalue weighted by molar-refractivity contribution is -0.138. The maximum Gasteiger partial charge on any atom is 0.418 e. The molecular formula is C12H17F3N2O. The molecule has 2 N–H and O–H groups in total. The first kappa shape index (κ1) is 14.9. The fourth-order valence-electron chi connectivity index (χ4n) is 1.41. The molecule has 102 valence electrons. The van der Waals surface area contributed by atoms with Crippen molar-refractivity contribution in [2.45, 2.75) is 32.7 Å². The normalized spacial score (nSPS) is 13.9. The van der Waals surface area contributed by atoms with Crippen LogP contribution in [-0.2, 0) is 12.7 Å². The molecule has 0 fully saturated rings. The highest BCUT2D eigenvalue weighted by molar-refractivity contribution is 5.22. The summed E-state index contributed by atoms with van der Waals surface area (Å²) in [5.41, 5.74) is -0.794. The molecule has 0 aliphatic heterocycles. The Morgan fingerprint density at radius 2 is 2.06 bits per heavy atom. The van der Waals surface area contributed by atoms with E-state index in [9.17, 15) is 18.3 Å². The van der Waals surface area contributed by atoms with Crippen molar-refractivity contribution in [3.8, 4) is 0 Å². The highest BCUT2D eigenvalue weighted by atomic mass is 19.4. The Hall–Kier alpha value is -1.14. The molecule has 0 aromatic carbocycles. The molecule has 1 rings (SSSR count). The summed E-state index contributed by atoms with van der Waals surface area (Å²) in [6, 6.07) is 2.26. The van der Waals surface area contributed by atoms with Gasteiger partial charge in [0.25, 0.3) is 0 Å². The molecule has 0 amide bonds. The second-order valence-corrected chi connectivity index (χ2v) is 4.44. The highest BCUT2D eigenvalue weighted by Crippen LogP contribution is 2.30. The lowest BCUT2D eigenvalue weighted by Crippen LogP contribution is -2.31. The van der Waals surface area contributed by atoms with Crippen LogP contribution in [0, 0.1) is 5.92 Å². The van der Waals surface area contributed by atoms with Gasteiger partial charge in [0.2, 0.25) is 0 Å². The van der Waals surface area contributed by atoms with Gasteiger partial charge in [-0.2, -0.15) is 13.2 Å². The molecule has 0 bridgehead atoms. The van der Waals surface area contributed by atoms with Crippen molar-refractivity contribution in [2.24, 2.45) is 5.92 Å². The molecule has 6 heteroatoms. The number of hydrogen-bond donors (Lipinski definition) is 2. The van der Waals surface area contributed by atoms with E-state index in [2.05, 4.69) is 10.3 Å². The number of alkyl halides is 3. The van der Waals surface area contributed by atoms with E-state index in [0.29, 0.717) is 0 Å². The van der Waals surface area contributed by atoms with E-state index in [1.165, 1.54) is 12.3 Å². The molecule has 1 atom stereocenters. The number of nitrogens with zero attached hydrogens (tertiary/aromatic N) is 1. The van der Waals surface area contributed by atoms with Crippen LogP contribution in [0.4, 0.5) is 13.2 Å². The molecule has 1 heterocycles. The van der Waals surface area contributed by atoms with E-state index in [-0.39, 0.29) is 24.7 Å². The summed E-state index contributed by atoms with van der Waals surface area (Å²) in [5, 5.41) is 12.3. The third-order valence-corrected chi connectivity index (χ3v) is 2.61. The van der Waals surface area contributed by atoms with Crippen molar-refractivity contribution in [2.75, 3.05) is 6.54 Å².